The smallest absolute Gasteiger partial charge is 0.418 e. The summed E-state index contributed by atoms with van der Waals surface area (Å²) in [5.41, 5.74) is 3.91. The van der Waals surface area contributed by atoms with Gasteiger partial charge in [-0.25, -0.2) is 14.8 Å². The van der Waals surface area contributed by atoms with Crippen LogP contribution in [0.15, 0.2) is 60.9 Å². The average molecular weight is 479 g/mol. The minimum Gasteiger partial charge on any atom is -0.494 e. The van der Waals surface area contributed by atoms with Gasteiger partial charge in [-0.2, -0.15) is 0 Å². The molecule has 34 heavy (non-hydrogen) atoms. The molecule has 2 N–H and O–H groups in total. The number of carbonyl (C=O) groups is 1. The lowest BCUT2D eigenvalue weighted by Gasteiger charge is -2.35. The zero-order valence-corrected chi connectivity index (χ0v) is 19.0. The van der Waals surface area contributed by atoms with Crippen molar-refractivity contribution in [3.05, 3.63) is 82.8 Å². The molecule has 2 aromatic heterocycles. The maximum Gasteiger partial charge on any atom is 0.418 e. The Balaban J connectivity index is 1.52. The fraction of sp³-hybridized carbons (Fsp3) is 0.240. The van der Waals surface area contributed by atoms with Crippen molar-refractivity contribution in [3.63, 3.8) is 0 Å². The summed E-state index contributed by atoms with van der Waals surface area (Å²) in [4.78, 5) is 26.4. The molecule has 0 saturated heterocycles. The van der Waals surface area contributed by atoms with Crippen LogP contribution in [-0.2, 0) is 6.42 Å². The summed E-state index contributed by atoms with van der Waals surface area (Å²) >= 11 is 6.27. The fourth-order valence-corrected chi connectivity index (χ4v) is 4.45. The SMILES string of the molecule is O=C(Oc1ncccn1)N1CCc2c([nH]c3ccc(Cl)cc23)[C@@H]1c1ccc(OCCCO)cc1. The first-order valence-corrected chi connectivity index (χ1v) is 11.4. The third kappa shape index (κ3) is 4.42. The van der Waals surface area contributed by atoms with Crippen molar-refractivity contribution in [2.24, 2.45) is 0 Å². The van der Waals surface area contributed by atoms with Crippen molar-refractivity contribution < 1.29 is 19.4 Å². The first-order chi connectivity index (χ1) is 16.6. The van der Waals surface area contributed by atoms with E-state index in [4.69, 9.17) is 26.2 Å². The number of H-pyrrole nitrogens is 1. The number of fused-ring (bicyclic) bond motifs is 3. The van der Waals surface area contributed by atoms with Crippen LogP contribution in [0.3, 0.4) is 0 Å². The Kier molecular flexibility index (Phi) is 6.33. The molecule has 1 aliphatic heterocycles. The van der Waals surface area contributed by atoms with Crippen molar-refractivity contribution >= 4 is 28.6 Å². The molecule has 2 aromatic carbocycles. The minimum atomic E-state index is -0.526. The number of benzene rings is 2. The van der Waals surface area contributed by atoms with Crippen molar-refractivity contribution in [3.8, 4) is 11.8 Å². The van der Waals surface area contributed by atoms with Gasteiger partial charge in [0.15, 0.2) is 0 Å². The molecular formula is C25H23ClN4O4. The Bertz CT molecular complexity index is 1290. The molecule has 1 atom stereocenters. The first kappa shape index (κ1) is 22.2. The van der Waals surface area contributed by atoms with E-state index in [-0.39, 0.29) is 12.6 Å². The highest BCUT2D eigenvalue weighted by Crippen LogP contribution is 2.39. The van der Waals surface area contributed by atoms with E-state index in [9.17, 15) is 4.79 Å². The molecule has 0 aliphatic carbocycles. The lowest BCUT2D eigenvalue weighted by atomic mass is 9.92. The Morgan fingerprint density at radius 1 is 1.18 bits per heavy atom. The van der Waals surface area contributed by atoms with E-state index >= 15 is 0 Å². The second kappa shape index (κ2) is 9.70. The minimum absolute atomic E-state index is 0.00751. The molecule has 0 unspecified atom stereocenters. The van der Waals surface area contributed by atoms with Crippen LogP contribution in [0, 0.1) is 0 Å². The molecule has 0 saturated carbocycles. The van der Waals surface area contributed by atoms with Gasteiger partial charge in [-0.15, -0.1) is 0 Å². The highest BCUT2D eigenvalue weighted by atomic mass is 35.5. The Morgan fingerprint density at radius 2 is 1.97 bits per heavy atom. The third-order valence-electron chi connectivity index (χ3n) is 5.81. The van der Waals surface area contributed by atoms with Gasteiger partial charge in [0.25, 0.3) is 0 Å². The molecule has 174 valence electrons. The molecule has 1 amide bonds. The summed E-state index contributed by atoms with van der Waals surface area (Å²) in [6, 6.07) is 14.6. The fourth-order valence-electron chi connectivity index (χ4n) is 4.28. The monoisotopic (exact) mass is 478 g/mol. The van der Waals surface area contributed by atoms with Gasteiger partial charge in [-0.05, 0) is 53.9 Å². The quantitative estimate of drug-likeness (QED) is 0.395. The Labute approximate surface area is 201 Å². The van der Waals surface area contributed by atoms with Gasteiger partial charge < -0.3 is 19.6 Å². The largest absolute Gasteiger partial charge is 0.494 e. The number of nitrogens with one attached hydrogen (secondary N) is 1. The molecule has 0 radical (unpaired) electrons. The van der Waals surface area contributed by atoms with E-state index < -0.39 is 12.1 Å². The number of halogens is 1. The van der Waals surface area contributed by atoms with Gasteiger partial charge in [0.2, 0.25) is 0 Å². The second-order valence-electron chi connectivity index (χ2n) is 7.95. The number of aliphatic hydroxyl groups is 1. The van der Waals surface area contributed by atoms with Crippen molar-refractivity contribution in [1.82, 2.24) is 19.9 Å². The molecule has 3 heterocycles. The van der Waals surface area contributed by atoms with Crippen molar-refractivity contribution in [2.45, 2.75) is 18.9 Å². The lowest BCUT2D eigenvalue weighted by molar-refractivity contribution is 0.131. The maximum absolute atomic E-state index is 13.2. The Hall–Kier alpha value is -3.62. The molecule has 8 nitrogen and oxygen atoms in total. The van der Waals surface area contributed by atoms with Gasteiger partial charge >= 0.3 is 12.1 Å². The second-order valence-corrected chi connectivity index (χ2v) is 8.38. The summed E-state index contributed by atoms with van der Waals surface area (Å²) in [6.45, 7) is 0.967. The first-order valence-electron chi connectivity index (χ1n) is 11.0. The van der Waals surface area contributed by atoms with Crippen LogP contribution in [0.4, 0.5) is 4.79 Å². The van der Waals surface area contributed by atoms with Crippen LogP contribution < -0.4 is 9.47 Å². The summed E-state index contributed by atoms with van der Waals surface area (Å²) in [7, 11) is 0. The molecule has 5 rings (SSSR count). The topological polar surface area (TPSA) is 101 Å². The van der Waals surface area contributed by atoms with E-state index in [1.54, 1.807) is 11.0 Å². The summed E-state index contributed by atoms with van der Waals surface area (Å²) in [5, 5.41) is 10.7. The molecule has 9 heteroatoms. The molecule has 0 spiro atoms. The van der Waals surface area contributed by atoms with Crippen LogP contribution in [0.25, 0.3) is 10.9 Å². The van der Waals surface area contributed by atoms with Gasteiger partial charge in [0.1, 0.15) is 11.8 Å². The normalized spacial score (nSPS) is 15.2. The molecule has 4 aromatic rings. The number of hydrogen-bond acceptors (Lipinski definition) is 6. The average Bonchev–Trinajstić information content (AvgIpc) is 3.22. The van der Waals surface area contributed by atoms with Crippen LogP contribution in [-0.4, -0.2) is 50.8 Å². The molecule has 0 bridgehead atoms. The van der Waals surface area contributed by atoms with E-state index in [1.165, 1.54) is 12.4 Å². The summed E-state index contributed by atoms with van der Waals surface area (Å²) in [6.07, 6.45) is 3.74. The van der Waals surface area contributed by atoms with E-state index in [0.29, 0.717) is 36.8 Å². The van der Waals surface area contributed by atoms with Gasteiger partial charge in [0, 0.05) is 53.6 Å². The highest BCUT2D eigenvalue weighted by Gasteiger charge is 2.36. The Morgan fingerprint density at radius 3 is 2.74 bits per heavy atom. The van der Waals surface area contributed by atoms with E-state index in [0.717, 1.165) is 27.7 Å². The van der Waals surface area contributed by atoms with E-state index in [2.05, 4.69) is 15.0 Å². The highest BCUT2D eigenvalue weighted by molar-refractivity contribution is 6.31. The van der Waals surface area contributed by atoms with Crippen LogP contribution in [0.1, 0.15) is 29.3 Å². The van der Waals surface area contributed by atoms with Crippen LogP contribution >= 0.6 is 11.6 Å². The van der Waals surface area contributed by atoms with Crippen LogP contribution in [0.5, 0.6) is 11.8 Å². The lowest BCUT2D eigenvalue weighted by Crippen LogP contribution is -2.42. The number of aromatic amines is 1. The van der Waals surface area contributed by atoms with E-state index in [1.807, 2.05) is 42.5 Å². The molecule has 1 aliphatic rings. The number of rotatable bonds is 6. The van der Waals surface area contributed by atoms with Gasteiger partial charge in [0.05, 0.1) is 6.61 Å². The number of nitrogens with zero attached hydrogens (tertiary/aromatic N) is 3. The zero-order valence-electron chi connectivity index (χ0n) is 18.3. The number of carbonyl (C=O) groups excluding carboxylic acids is 1. The van der Waals surface area contributed by atoms with Gasteiger partial charge in [-0.1, -0.05) is 23.7 Å². The number of aliphatic hydroxyl groups excluding tert-OH is 1. The predicted molar refractivity (Wildman–Crippen MR) is 127 cm³/mol. The number of hydrogen-bond donors (Lipinski definition) is 2. The number of amides is 1. The standard InChI is InChI=1S/C25H23ClN4O4/c26-17-5-8-21-20(15-17)19-9-12-30(25(32)34-24-27-10-1-11-28-24)23(22(19)29-21)16-3-6-18(7-4-16)33-14-2-13-31/h1,3-8,10-11,15,23,29,31H,2,9,12-14H2/t23-/m0/s1. The summed E-state index contributed by atoms with van der Waals surface area (Å²) < 4.78 is 11.2. The third-order valence-corrected chi connectivity index (χ3v) is 6.05. The van der Waals surface area contributed by atoms with Crippen LogP contribution in [0.2, 0.25) is 5.02 Å². The number of aromatic nitrogens is 3. The molecular weight excluding hydrogens is 456 g/mol. The maximum atomic E-state index is 13.2. The summed E-state index contributed by atoms with van der Waals surface area (Å²) in [5.74, 6) is 0.698. The predicted octanol–water partition coefficient (Wildman–Crippen LogP) is 4.52. The van der Waals surface area contributed by atoms with Gasteiger partial charge in [-0.3, -0.25) is 4.90 Å². The zero-order chi connectivity index (χ0) is 23.5. The molecule has 0 fully saturated rings. The van der Waals surface area contributed by atoms with Crippen molar-refractivity contribution in [1.29, 1.82) is 0 Å². The van der Waals surface area contributed by atoms with Crippen molar-refractivity contribution in [2.75, 3.05) is 19.8 Å². The number of ether oxygens (including phenoxy) is 2.